The smallest absolute Gasteiger partial charge is 0.335 e. The Morgan fingerprint density at radius 3 is 1.80 bits per heavy atom. The Morgan fingerprint density at radius 1 is 0.733 bits per heavy atom. The third kappa shape index (κ3) is 9.34. The van der Waals surface area contributed by atoms with Crippen molar-refractivity contribution in [1.29, 1.82) is 0 Å². The number of carbonyl (C=O) groups is 4. The maximum absolute atomic E-state index is 12.4. The van der Waals surface area contributed by atoms with E-state index in [1.807, 2.05) is 0 Å². The maximum Gasteiger partial charge on any atom is 0.335 e. The van der Waals surface area contributed by atoms with Crippen LogP contribution in [0, 0.1) is 5.92 Å². The van der Waals surface area contributed by atoms with Crippen LogP contribution in [0.15, 0.2) is 0 Å². The number of hydroxylamine groups is 2. The molecule has 0 radical (unpaired) electrons. The Labute approximate surface area is 178 Å². The standard InChI is InChI=1S/C22H35NO7/c24-19(18-8-6-4-2-1-3-5-7-9-18)12-14-28-16-17-29-15-13-22(27)30-23-20(25)10-11-21(23)26/h18H,1-17H2. The van der Waals surface area contributed by atoms with Gasteiger partial charge in [-0.1, -0.05) is 44.9 Å². The summed E-state index contributed by atoms with van der Waals surface area (Å²) in [5, 5.41) is 0.530. The fourth-order valence-corrected chi connectivity index (χ4v) is 3.79. The number of amides is 2. The van der Waals surface area contributed by atoms with Crippen LogP contribution in [0.25, 0.3) is 0 Å². The summed E-state index contributed by atoms with van der Waals surface area (Å²) in [4.78, 5) is 51.5. The average molecular weight is 426 g/mol. The van der Waals surface area contributed by atoms with E-state index in [2.05, 4.69) is 0 Å². The molecule has 2 aliphatic rings. The Morgan fingerprint density at radius 2 is 1.23 bits per heavy atom. The van der Waals surface area contributed by atoms with E-state index < -0.39 is 17.8 Å². The minimum Gasteiger partial charge on any atom is -0.379 e. The normalized spacial score (nSPS) is 19.1. The largest absolute Gasteiger partial charge is 0.379 e. The zero-order chi connectivity index (χ0) is 21.6. The van der Waals surface area contributed by atoms with Gasteiger partial charge in [0.1, 0.15) is 5.78 Å². The van der Waals surface area contributed by atoms with Crippen molar-refractivity contribution >= 4 is 23.6 Å². The number of imide groups is 1. The molecule has 0 aromatic carbocycles. The third-order valence-electron chi connectivity index (χ3n) is 5.57. The predicted octanol–water partition coefficient (Wildman–Crippen LogP) is 3.12. The molecule has 170 valence electrons. The second-order valence-electron chi connectivity index (χ2n) is 7.99. The first-order chi connectivity index (χ1) is 14.6. The van der Waals surface area contributed by atoms with Gasteiger partial charge in [0.2, 0.25) is 0 Å². The van der Waals surface area contributed by atoms with Gasteiger partial charge in [0, 0.05) is 25.2 Å². The van der Waals surface area contributed by atoms with Crippen LogP contribution in [0.2, 0.25) is 0 Å². The molecule has 30 heavy (non-hydrogen) atoms. The molecule has 0 N–H and O–H groups in total. The van der Waals surface area contributed by atoms with Gasteiger partial charge < -0.3 is 14.3 Å². The summed E-state index contributed by atoms with van der Waals surface area (Å²) in [5.74, 6) is -1.19. The molecule has 8 nitrogen and oxygen atoms in total. The van der Waals surface area contributed by atoms with Crippen LogP contribution in [0.3, 0.4) is 0 Å². The number of rotatable bonds is 11. The second-order valence-corrected chi connectivity index (χ2v) is 7.99. The molecule has 8 heteroatoms. The van der Waals surface area contributed by atoms with E-state index in [1.165, 1.54) is 32.1 Å². The lowest BCUT2D eigenvalue weighted by Gasteiger charge is -2.17. The Hall–Kier alpha value is -1.80. The average Bonchev–Trinajstić information content (AvgIpc) is 3.05. The topological polar surface area (TPSA) is 99.2 Å². The number of carbonyl (C=O) groups excluding carboxylic acids is 4. The molecule has 2 amide bonds. The van der Waals surface area contributed by atoms with Crippen LogP contribution in [-0.4, -0.2) is 55.1 Å². The SMILES string of the molecule is O=C(CCOCCOCCC(=O)C1CCCCCCCCC1)ON1C(=O)CCC1=O. The Balaban J connectivity index is 1.47. The monoisotopic (exact) mass is 425 g/mol. The minimum absolute atomic E-state index is 0.0583. The highest BCUT2D eigenvalue weighted by Crippen LogP contribution is 2.23. The van der Waals surface area contributed by atoms with Crippen molar-refractivity contribution in [3.05, 3.63) is 0 Å². The van der Waals surface area contributed by atoms with E-state index in [1.54, 1.807) is 0 Å². The molecule has 1 heterocycles. The van der Waals surface area contributed by atoms with Crippen LogP contribution >= 0.6 is 0 Å². The molecule has 2 rings (SSSR count). The number of ether oxygens (including phenoxy) is 2. The minimum atomic E-state index is -0.684. The van der Waals surface area contributed by atoms with Crippen LogP contribution < -0.4 is 0 Å². The van der Waals surface area contributed by atoms with E-state index in [9.17, 15) is 19.2 Å². The first-order valence-electron chi connectivity index (χ1n) is 11.3. The van der Waals surface area contributed by atoms with Gasteiger partial charge in [-0.25, -0.2) is 4.79 Å². The van der Waals surface area contributed by atoms with Gasteiger partial charge in [0.15, 0.2) is 0 Å². The summed E-state index contributed by atoms with van der Waals surface area (Å²) in [6.07, 6.45) is 11.2. The van der Waals surface area contributed by atoms with Crippen molar-refractivity contribution in [2.75, 3.05) is 26.4 Å². The summed E-state index contributed by atoms with van der Waals surface area (Å²) >= 11 is 0. The molecule has 1 aliphatic heterocycles. The molecule has 1 aliphatic carbocycles. The fourth-order valence-electron chi connectivity index (χ4n) is 3.79. The summed E-state index contributed by atoms with van der Waals surface area (Å²) in [7, 11) is 0. The van der Waals surface area contributed by atoms with E-state index in [0.717, 1.165) is 25.7 Å². The third-order valence-corrected chi connectivity index (χ3v) is 5.57. The predicted molar refractivity (Wildman–Crippen MR) is 108 cm³/mol. The molecule has 1 saturated carbocycles. The Kier molecular flexibility index (Phi) is 11.6. The van der Waals surface area contributed by atoms with Crippen molar-refractivity contribution in [3.8, 4) is 0 Å². The molecular formula is C22H35NO7. The van der Waals surface area contributed by atoms with E-state index >= 15 is 0 Å². The van der Waals surface area contributed by atoms with Gasteiger partial charge in [0.25, 0.3) is 11.8 Å². The van der Waals surface area contributed by atoms with E-state index in [4.69, 9.17) is 14.3 Å². The fraction of sp³-hybridized carbons (Fsp3) is 0.818. The van der Waals surface area contributed by atoms with Crippen molar-refractivity contribution in [2.45, 2.75) is 83.5 Å². The zero-order valence-electron chi connectivity index (χ0n) is 17.9. The van der Waals surface area contributed by atoms with Crippen LogP contribution in [0.4, 0.5) is 0 Å². The first-order valence-corrected chi connectivity index (χ1v) is 11.3. The highest BCUT2D eigenvalue weighted by atomic mass is 16.7. The molecule has 0 bridgehead atoms. The lowest BCUT2D eigenvalue weighted by Crippen LogP contribution is -2.32. The van der Waals surface area contributed by atoms with E-state index in [0.29, 0.717) is 37.1 Å². The molecular weight excluding hydrogens is 390 g/mol. The van der Waals surface area contributed by atoms with Crippen molar-refractivity contribution in [1.82, 2.24) is 5.06 Å². The summed E-state index contributed by atoms with van der Waals surface area (Å²) in [5.41, 5.74) is 0. The van der Waals surface area contributed by atoms with Crippen molar-refractivity contribution in [3.63, 3.8) is 0 Å². The number of nitrogens with zero attached hydrogens (tertiary/aromatic N) is 1. The van der Waals surface area contributed by atoms with Gasteiger partial charge in [-0.05, 0) is 12.8 Å². The molecule has 0 spiro atoms. The van der Waals surface area contributed by atoms with E-state index in [-0.39, 0.29) is 31.8 Å². The molecule has 0 unspecified atom stereocenters. The van der Waals surface area contributed by atoms with Gasteiger partial charge in [-0.2, -0.15) is 0 Å². The van der Waals surface area contributed by atoms with Crippen LogP contribution in [0.5, 0.6) is 0 Å². The number of ketones is 1. The quantitative estimate of drug-likeness (QED) is 0.370. The van der Waals surface area contributed by atoms with Crippen LogP contribution in [0.1, 0.15) is 83.5 Å². The summed E-state index contributed by atoms with van der Waals surface area (Å²) in [6, 6.07) is 0. The molecule has 0 aromatic heterocycles. The summed E-state index contributed by atoms with van der Waals surface area (Å²) in [6.45, 7) is 1.14. The molecule has 1 saturated heterocycles. The van der Waals surface area contributed by atoms with Crippen molar-refractivity contribution < 1.29 is 33.5 Å². The molecule has 0 atom stereocenters. The summed E-state index contributed by atoms with van der Waals surface area (Å²) < 4.78 is 10.8. The van der Waals surface area contributed by atoms with Gasteiger partial charge in [-0.15, -0.1) is 5.06 Å². The zero-order valence-corrected chi connectivity index (χ0v) is 17.9. The maximum atomic E-state index is 12.4. The highest BCUT2D eigenvalue weighted by Gasteiger charge is 2.32. The van der Waals surface area contributed by atoms with Gasteiger partial charge in [-0.3, -0.25) is 14.4 Å². The van der Waals surface area contributed by atoms with Crippen molar-refractivity contribution in [2.24, 2.45) is 5.92 Å². The number of hydrogen-bond donors (Lipinski definition) is 0. The lowest BCUT2D eigenvalue weighted by atomic mass is 9.88. The van der Waals surface area contributed by atoms with Gasteiger partial charge in [0.05, 0.1) is 32.8 Å². The molecule has 0 aromatic rings. The second kappa shape index (κ2) is 14.2. The Bertz CT molecular complexity index is 552. The molecule has 2 fully saturated rings. The van der Waals surface area contributed by atoms with Gasteiger partial charge >= 0.3 is 5.97 Å². The first kappa shape index (κ1) is 24.5. The number of Topliss-reactive ketones (excluding diaryl/α,β-unsaturated/α-hetero) is 1. The number of hydrogen-bond acceptors (Lipinski definition) is 7. The van der Waals surface area contributed by atoms with Crippen LogP contribution in [-0.2, 0) is 33.5 Å². The highest BCUT2D eigenvalue weighted by molar-refractivity contribution is 6.01. The lowest BCUT2D eigenvalue weighted by molar-refractivity contribution is -0.198.